The van der Waals surface area contributed by atoms with Gasteiger partial charge in [0.2, 0.25) is 5.89 Å². The fourth-order valence-corrected chi connectivity index (χ4v) is 5.02. The summed E-state index contributed by atoms with van der Waals surface area (Å²) in [6, 6.07) is 17.8. The summed E-state index contributed by atoms with van der Waals surface area (Å²) in [5.74, 6) is 2.19. The first kappa shape index (κ1) is 29.2. The monoisotopic (exact) mass is 548 g/mol. The molecular formula is C32H40N2O6. The van der Waals surface area contributed by atoms with Crippen LogP contribution in [0.2, 0.25) is 0 Å². The molecule has 1 unspecified atom stereocenters. The van der Waals surface area contributed by atoms with Crippen LogP contribution in [0.5, 0.6) is 5.75 Å². The van der Waals surface area contributed by atoms with Crippen molar-refractivity contribution >= 4 is 12.1 Å². The van der Waals surface area contributed by atoms with E-state index in [1.54, 1.807) is 4.90 Å². The van der Waals surface area contributed by atoms with E-state index < -0.39 is 0 Å². The van der Waals surface area contributed by atoms with Crippen LogP contribution in [0.25, 0.3) is 11.5 Å². The Morgan fingerprint density at radius 1 is 1.10 bits per heavy atom. The molecule has 4 rings (SSSR count). The highest BCUT2D eigenvalue weighted by Gasteiger charge is 2.35. The van der Waals surface area contributed by atoms with E-state index in [1.165, 1.54) is 0 Å². The molecule has 1 aliphatic heterocycles. The summed E-state index contributed by atoms with van der Waals surface area (Å²) < 4.78 is 22.7. The van der Waals surface area contributed by atoms with Crippen LogP contribution in [0.1, 0.15) is 56.5 Å². The minimum Gasteiger partial charge on any atom is -0.493 e. The summed E-state index contributed by atoms with van der Waals surface area (Å²) in [6.45, 7) is 9.96. The average Bonchev–Trinajstić information content (AvgIpc) is 3.33. The van der Waals surface area contributed by atoms with Crippen molar-refractivity contribution in [3.05, 3.63) is 71.6 Å². The van der Waals surface area contributed by atoms with Gasteiger partial charge in [-0.3, -0.25) is 4.79 Å². The van der Waals surface area contributed by atoms with Crippen molar-refractivity contribution in [3.63, 3.8) is 0 Å². The van der Waals surface area contributed by atoms with Crippen LogP contribution < -0.4 is 4.74 Å². The van der Waals surface area contributed by atoms with Crippen molar-refractivity contribution < 1.29 is 28.2 Å². The van der Waals surface area contributed by atoms with Gasteiger partial charge < -0.3 is 23.5 Å². The Balaban J connectivity index is 1.43. The number of ether oxygens (including phenoxy) is 3. The zero-order valence-corrected chi connectivity index (χ0v) is 23.9. The molecule has 0 saturated carbocycles. The molecule has 214 valence electrons. The first-order valence-electron chi connectivity index (χ1n) is 14.2. The maximum Gasteiger partial charge on any atom is 0.409 e. The van der Waals surface area contributed by atoms with E-state index in [4.69, 9.17) is 18.6 Å². The number of amides is 1. The number of aromatic nitrogens is 1. The van der Waals surface area contributed by atoms with Crippen LogP contribution in [0, 0.1) is 18.8 Å². The van der Waals surface area contributed by atoms with Gasteiger partial charge in [-0.1, -0.05) is 44.2 Å². The Hall–Kier alpha value is -3.81. The van der Waals surface area contributed by atoms with Crippen molar-refractivity contribution in [2.45, 2.75) is 52.9 Å². The lowest BCUT2D eigenvalue weighted by Crippen LogP contribution is -2.44. The summed E-state index contributed by atoms with van der Waals surface area (Å²) in [5, 5.41) is 0. The van der Waals surface area contributed by atoms with Crippen LogP contribution in [0.4, 0.5) is 4.79 Å². The normalized spacial score (nSPS) is 17.1. The second-order valence-electron chi connectivity index (χ2n) is 10.6. The van der Waals surface area contributed by atoms with Gasteiger partial charge in [-0.2, -0.15) is 0 Å². The van der Waals surface area contributed by atoms with E-state index in [9.17, 15) is 9.59 Å². The van der Waals surface area contributed by atoms with Gasteiger partial charge in [0.25, 0.3) is 0 Å². The van der Waals surface area contributed by atoms with Crippen LogP contribution in [0.15, 0.2) is 59.0 Å². The number of rotatable bonds is 11. The number of piperidine rings is 1. The SMILES string of the molecule is CCOC(=O)CC1CCN(C(=O)OCC(C)C)C[C@H]1c1cccc(OCCc2nc(-c3ccccc3)oc2C)c1. The second kappa shape index (κ2) is 14.0. The van der Waals surface area contributed by atoms with Gasteiger partial charge in [-0.25, -0.2) is 9.78 Å². The second-order valence-corrected chi connectivity index (χ2v) is 10.6. The topological polar surface area (TPSA) is 91.1 Å². The number of hydrogen-bond acceptors (Lipinski definition) is 7. The Bertz CT molecular complexity index is 1260. The molecule has 0 N–H and O–H groups in total. The number of benzene rings is 2. The molecule has 40 heavy (non-hydrogen) atoms. The summed E-state index contributed by atoms with van der Waals surface area (Å²) in [4.78, 5) is 31.5. The van der Waals surface area contributed by atoms with Gasteiger partial charge >= 0.3 is 12.1 Å². The summed E-state index contributed by atoms with van der Waals surface area (Å²) in [5.41, 5.74) is 2.84. The molecule has 1 fully saturated rings. The lowest BCUT2D eigenvalue weighted by Gasteiger charge is -2.38. The van der Waals surface area contributed by atoms with Crippen LogP contribution in [0.3, 0.4) is 0 Å². The molecule has 2 aromatic carbocycles. The van der Waals surface area contributed by atoms with E-state index in [0.717, 1.165) is 28.3 Å². The molecule has 1 saturated heterocycles. The molecular weight excluding hydrogens is 508 g/mol. The standard InChI is InChI=1S/C32H40N2O6/c1-5-37-30(35)19-26-14-16-34(32(36)39-21-22(2)3)20-28(26)25-12-9-13-27(18-25)38-17-15-29-23(4)40-31(33-29)24-10-7-6-8-11-24/h6-13,18,22,26,28H,5,14-17,19-21H2,1-4H3/t26?,28-/m0/s1. The van der Waals surface area contributed by atoms with Crippen molar-refractivity contribution in [1.29, 1.82) is 0 Å². The third-order valence-corrected chi connectivity index (χ3v) is 7.10. The number of carbonyl (C=O) groups excluding carboxylic acids is 2. The predicted molar refractivity (Wildman–Crippen MR) is 152 cm³/mol. The molecule has 1 aromatic heterocycles. The van der Waals surface area contributed by atoms with Crippen molar-refractivity contribution in [2.24, 2.45) is 11.8 Å². The van der Waals surface area contributed by atoms with Gasteiger partial charge in [0.05, 0.1) is 25.5 Å². The van der Waals surface area contributed by atoms with Crippen molar-refractivity contribution in [3.8, 4) is 17.2 Å². The Labute approximate surface area is 236 Å². The lowest BCUT2D eigenvalue weighted by atomic mass is 9.79. The largest absolute Gasteiger partial charge is 0.493 e. The van der Waals surface area contributed by atoms with E-state index >= 15 is 0 Å². The lowest BCUT2D eigenvalue weighted by molar-refractivity contribution is -0.144. The molecule has 0 aliphatic carbocycles. The van der Waals surface area contributed by atoms with Crippen molar-refractivity contribution in [1.82, 2.24) is 9.88 Å². The molecule has 3 aromatic rings. The third-order valence-electron chi connectivity index (χ3n) is 7.10. The van der Waals surface area contributed by atoms with Gasteiger partial charge in [0.1, 0.15) is 11.5 Å². The van der Waals surface area contributed by atoms with Crippen LogP contribution in [-0.4, -0.2) is 54.9 Å². The average molecular weight is 549 g/mol. The molecule has 0 radical (unpaired) electrons. The highest BCUT2D eigenvalue weighted by molar-refractivity contribution is 5.70. The Morgan fingerprint density at radius 2 is 1.90 bits per heavy atom. The Kier molecular flexibility index (Phi) is 10.2. The zero-order valence-electron chi connectivity index (χ0n) is 23.9. The van der Waals surface area contributed by atoms with Crippen LogP contribution >= 0.6 is 0 Å². The van der Waals surface area contributed by atoms with Crippen LogP contribution in [-0.2, 0) is 20.7 Å². The minimum atomic E-state index is -0.307. The Morgan fingerprint density at radius 3 is 2.65 bits per heavy atom. The predicted octanol–water partition coefficient (Wildman–Crippen LogP) is 6.42. The highest BCUT2D eigenvalue weighted by Crippen LogP contribution is 2.36. The molecule has 2 heterocycles. The van der Waals surface area contributed by atoms with E-state index in [2.05, 4.69) is 4.98 Å². The molecule has 1 amide bonds. The van der Waals surface area contributed by atoms with E-state index in [0.29, 0.717) is 58.1 Å². The smallest absolute Gasteiger partial charge is 0.409 e. The van der Waals surface area contributed by atoms with Gasteiger partial charge in [0.15, 0.2) is 0 Å². The number of esters is 1. The number of likely N-dealkylation sites (tertiary alicyclic amines) is 1. The number of aryl methyl sites for hydroxylation is 1. The first-order valence-corrected chi connectivity index (χ1v) is 14.2. The van der Waals surface area contributed by atoms with E-state index in [1.807, 2.05) is 82.3 Å². The number of hydrogen-bond donors (Lipinski definition) is 0. The molecule has 0 spiro atoms. The fraction of sp³-hybridized carbons (Fsp3) is 0.469. The minimum absolute atomic E-state index is 0.0421. The molecule has 0 bridgehead atoms. The molecule has 1 aliphatic rings. The van der Waals surface area contributed by atoms with Gasteiger partial charge in [-0.15, -0.1) is 0 Å². The van der Waals surface area contributed by atoms with Gasteiger partial charge in [-0.05, 0) is 61.9 Å². The summed E-state index contributed by atoms with van der Waals surface area (Å²) in [6.07, 6.45) is 1.31. The zero-order chi connectivity index (χ0) is 28.5. The summed E-state index contributed by atoms with van der Waals surface area (Å²) >= 11 is 0. The first-order chi connectivity index (χ1) is 19.3. The number of oxazole rings is 1. The van der Waals surface area contributed by atoms with Gasteiger partial charge in [0, 0.05) is 37.4 Å². The number of nitrogens with zero attached hydrogens (tertiary/aromatic N) is 2. The number of carbonyl (C=O) groups is 2. The summed E-state index contributed by atoms with van der Waals surface area (Å²) in [7, 11) is 0. The molecule has 8 nitrogen and oxygen atoms in total. The fourth-order valence-electron chi connectivity index (χ4n) is 5.02. The molecule has 8 heteroatoms. The quantitative estimate of drug-likeness (QED) is 0.255. The van der Waals surface area contributed by atoms with Crippen molar-refractivity contribution in [2.75, 3.05) is 32.9 Å². The maximum atomic E-state index is 12.7. The van der Waals surface area contributed by atoms with E-state index in [-0.39, 0.29) is 29.8 Å². The highest BCUT2D eigenvalue weighted by atomic mass is 16.6. The maximum absolute atomic E-state index is 12.7. The molecule has 2 atom stereocenters. The third kappa shape index (κ3) is 7.87.